The molecule has 4 heteroatoms. The molecule has 0 radical (unpaired) electrons. The van der Waals surface area contributed by atoms with Crippen molar-refractivity contribution in [1.29, 1.82) is 0 Å². The number of hydrogen-bond donors (Lipinski definition) is 1. The topological polar surface area (TPSA) is 15.3 Å². The van der Waals surface area contributed by atoms with Crippen LogP contribution < -0.4 is 5.32 Å². The lowest BCUT2D eigenvalue weighted by molar-refractivity contribution is 0.162. The SMILES string of the molecule is CCCN1CCNCC1c1ccccc1Cl.Cl. The summed E-state index contributed by atoms with van der Waals surface area (Å²) in [6, 6.07) is 8.62. The van der Waals surface area contributed by atoms with Crippen LogP contribution >= 0.6 is 24.0 Å². The summed E-state index contributed by atoms with van der Waals surface area (Å²) in [4.78, 5) is 2.53. The van der Waals surface area contributed by atoms with Crippen LogP contribution in [0, 0.1) is 0 Å². The van der Waals surface area contributed by atoms with Crippen LogP contribution in [-0.4, -0.2) is 31.1 Å². The molecule has 17 heavy (non-hydrogen) atoms. The van der Waals surface area contributed by atoms with Gasteiger partial charge in [0.1, 0.15) is 0 Å². The van der Waals surface area contributed by atoms with Crippen molar-refractivity contribution in [3.63, 3.8) is 0 Å². The molecule has 1 saturated heterocycles. The van der Waals surface area contributed by atoms with E-state index in [1.165, 1.54) is 12.0 Å². The van der Waals surface area contributed by atoms with Crippen molar-refractivity contribution < 1.29 is 0 Å². The van der Waals surface area contributed by atoms with E-state index in [-0.39, 0.29) is 12.4 Å². The van der Waals surface area contributed by atoms with Crippen molar-refractivity contribution >= 4 is 24.0 Å². The Hall–Kier alpha value is -0.280. The second-order valence-electron chi connectivity index (χ2n) is 4.28. The summed E-state index contributed by atoms with van der Waals surface area (Å²) < 4.78 is 0. The van der Waals surface area contributed by atoms with Crippen molar-refractivity contribution in [1.82, 2.24) is 10.2 Å². The van der Waals surface area contributed by atoms with Crippen molar-refractivity contribution in [3.8, 4) is 0 Å². The minimum Gasteiger partial charge on any atom is -0.314 e. The van der Waals surface area contributed by atoms with Gasteiger partial charge < -0.3 is 5.32 Å². The number of hydrogen-bond acceptors (Lipinski definition) is 2. The number of nitrogens with one attached hydrogen (secondary N) is 1. The molecule has 0 aromatic heterocycles. The monoisotopic (exact) mass is 274 g/mol. The smallest absolute Gasteiger partial charge is 0.0487 e. The fourth-order valence-corrected chi connectivity index (χ4v) is 2.61. The number of nitrogens with zero attached hydrogens (tertiary/aromatic N) is 1. The van der Waals surface area contributed by atoms with Gasteiger partial charge >= 0.3 is 0 Å². The van der Waals surface area contributed by atoms with Crippen LogP contribution in [-0.2, 0) is 0 Å². The molecule has 0 aliphatic carbocycles. The molecule has 1 fully saturated rings. The Morgan fingerprint density at radius 1 is 1.41 bits per heavy atom. The summed E-state index contributed by atoms with van der Waals surface area (Å²) in [7, 11) is 0. The minimum absolute atomic E-state index is 0. The van der Waals surface area contributed by atoms with Crippen molar-refractivity contribution in [2.75, 3.05) is 26.2 Å². The van der Waals surface area contributed by atoms with Crippen LogP contribution in [0.4, 0.5) is 0 Å². The highest BCUT2D eigenvalue weighted by Gasteiger charge is 2.24. The molecule has 1 unspecified atom stereocenters. The molecule has 1 aliphatic rings. The highest BCUT2D eigenvalue weighted by Crippen LogP contribution is 2.28. The van der Waals surface area contributed by atoms with Crippen molar-refractivity contribution in [2.45, 2.75) is 19.4 Å². The summed E-state index contributed by atoms with van der Waals surface area (Å²) in [6.07, 6.45) is 1.20. The van der Waals surface area contributed by atoms with E-state index in [2.05, 4.69) is 29.3 Å². The fraction of sp³-hybridized carbons (Fsp3) is 0.538. The van der Waals surface area contributed by atoms with E-state index in [1.54, 1.807) is 0 Å². The summed E-state index contributed by atoms with van der Waals surface area (Å²) in [6.45, 7) is 6.58. The van der Waals surface area contributed by atoms with Crippen molar-refractivity contribution in [2.24, 2.45) is 0 Å². The maximum atomic E-state index is 6.27. The zero-order chi connectivity index (χ0) is 11.4. The molecule has 1 atom stereocenters. The third-order valence-corrected chi connectivity index (χ3v) is 3.47. The fourth-order valence-electron chi connectivity index (χ4n) is 2.35. The zero-order valence-electron chi connectivity index (χ0n) is 10.2. The lowest BCUT2D eigenvalue weighted by Gasteiger charge is -2.36. The number of piperazine rings is 1. The Morgan fingerprint density at radius 3 is 2.88 bits per heavy atom. The average molecular weight is 275 g/mol. The van der Waals surface area contributed by atoms with Gasteiger partial charge in [0.15, 0.2) is 0 Å². The minimum atomic E-state index is 0. The molecule has 0 amide bonds. The van der Waals surface area contributed by atoms with Gasteiger partial charge in [0.25, 0.3) is 0 Å². The first-order chi connectivity index (χ1) is 7.83. The maximum Gasteiger partial charge on any atom is 0.0487 e. The third kappa shape index (κ3) is 3.59. The first kappa shape index (κ1) is 14.8. The van der Waals surface area contributed by atoms with Crippen LogP contribution in [0.25, 0.3) is 0 Å². The van der Waals surface area contributed by atoms with Crippen molar-refractivity contribution in [3.05, 3.63) is 34.9 Å². The summed E-state index contributed by atoms with van der Waals surface area (Å²) in [5.74, 6) is 0. The molecule has 2 nitrogen and oxygen atoms in total. The van der Waals surface area contributed by atoms with Gasteiger partial charge in [-0.2, -0.15) is 0 Å². The van der Waals surface area contributed by atoms with Gasteiger partial charge in [-0.05, 0) is 24.6 Å². The predicted octanol–water partition coefficient (Wildman–Crippen LogP) is 3.12. The van der Waals surface area contributed by atoms with Crippen LogP contribution in [0.5, 0.6) is 0 Å². The van der Waals surface area contributed by atoms with Gasteiger partial charge in [-0.1, -0.05) is 36.7 Å². The van der Waals surface area contributed by atoms with E-state index in [4.69, 9.17) is 11.6 Å². The Morgan fingerprint density at radius 2 is 2.18 bits per heavy atom. The first-order valence-corrected chi connectivity index (χ1v) is 6.40. The van der Waals surface area contributed by atoms with Crippen LogP contribution in [0.3, 0.4) is 0 Å². The molecule has 1 aromatic carbocycles. The highest BCUT2D eigenvalue weighted by molar-refractivity contribution is 6.31. The van der Waals surface area contributed by atoms with E-state index in [0.717, 1.165) is 31.2 Å². The van der Waals surface area contributed by atoms with Gasteiger partial charge in [-0.3, -0.25) is 4.90 Å². The molecule has 0 spiro atoms. The summed E-state index contributed by atoms with van der Waals surface area (Å²) in [5, 5.41) is 4.34. The van der Waals surface area contributed by atoms with Gasteiger partial charge in [0.05, 0.1) is 0 Å². The third-order valence-electron chi connectivity index (χ3n) is 3.13. The van der Waals surface area contributed by atoms with Gasteiger partial charge in [-0.25, -0.2) is 0 Å². The molecule has 1 N–H and O–H groups in total. The lowest BCUT2D eigenvalue weighted by atomic mass is 10.0. The van der Waals surface area contributed by atoms with E-state index in [0.29, 0.717) is 6.04 Å². The molecule has 1 heterocycles. The summed E-state index contributed by atoms with van der Waals surface area (Å²) in [5.41, 5.74) is 1.25. The second kappa shape index (κ2) is 7.22. The van der Waals surface area contributed by atoms with Gasteiger partial charge in [0.2, 0.25) is 0 Å². The molecule has 0 bridgehead atoms. The predicted molar refractivity (Wildman–Crippen MR) is 76.2 cm³/mol. The normalized spacial score (nSPS) is 20.9. The molecule has 96 valence electrons. The second-order valence-corrected chi connectivity index (χ2v) is 4.68. The number of benzene rings is 1. The first-order valence-electron chi connectivity index (χ1n) is 6.02. The molecular weight excluding hydrogens is 255 g/mol. The largest absolute Gasteiger partial charge is 0.314 e. The van der Waals surface area contributed by atoms with E-state index in [1.807, 2.05) is 12.1 Å². The van der Waals surface area contributed by atoms with Crippen LogP contribution in [0.2, 0.25) is 5.02 Å². The van der Waals surface area contributed by atoms with Gasteiger partial charge in [0, 0.05) is 30.7 Å². The van der Waals surface area contributed by atoms with E-state index in [9.17, 15) is 0 Å². The summed E-state index contributed by atoms with van der Waals surface area (Å²) >= 11 is 6.27. The zero-order valence-corrected chi connectivity index (χ0v) is 11.7. The number of halogens is 2. The Labute approximate surface area is 115 Å². The molecule has 1 aromatic rings. The molecular formula is C13H20Cl2N2. The van der Waals surface area contributed by atoms with Crippen LogP contribution in [0.1, 0.15) is 24.9 Å². The standard InChI is InChI=1S/C13H19ClN2.ClH/c1-2-8-16-9-7-15-10-13(16)11-5-3-4-6-12(11)14;/h3-6,13,15H,2,7-10H2,1H3;1H. The average Bonchev–Trinajstić information content (AvgIpc) is 2.31. The van der Waals surface area contributed by atoms with E-state index >= 15 is 0 Å². The lowest BCUT2D eigenvalue weighted by Crippen LogP contribution is -2.46. The van der Waals surface area contributed by atoms with Crippen LogP contribution in [0.15, 0.2) is 24.3 Å². The Kier molecular flexibility index (Phi) is 6.28. The maximum absolute atomic E-state index is 6.27. The highest BCUT2D eigenvalue weighted by atomic mass is 35.5. The van der Waals surface area contributed by atoms with E-state index < -0.39 is 0 Å². The molecule has 1 aliphatic heterocycles. The quantitative estimate of drug-likeness (QED) is 0.911. The number of rotatable bonds is 3. The van der Waals surface area contributed by atoms with Gasteiger partial charge in [-0.15, -0.1) is 12.4 Å². The Bertz CT molecular complexity index is 342. The molecule has 0 saturated carbocycles. The Balaban J connectivity index is 0.00000144. The molecule has 2 rings (SSSR count).